The molecule has 1 aromatic heterocycles. The number of H-pyrrole nitrogens is 1. The van der Waals surface area contributed by atoms with E-state index < -0.39 is 17.0 Å². The molecule has 1 heterocycles. The number of ether oxygens (including phenoxy) is 1. The number of para-hydroxylation sites is 1. The number of ketones is 1. The minimum Gasteiger partial charge on any atom is -0.451 e. The lowest BCUT2D eigenvalue weighted by atomic mass is 10.1. The van der Waals surface area contributed by atoms with E-state index in [2.05, 4.69) is 10.3 Å². The first kappa shape index (κ1) is 18.1. The number of carbonyl (C=O) groups excluding carboxylic acids is 2. The first-order chi connectivity index (χ1) is 12.9. The maximum Gasteiger partial charge on any atom is 0.339 e. The molecule has 0 radical (unpaired) electrons. The molecule has 138 valence electrons. The number of rotatable bonds is 6. The lowest BCUT2D eigenvalue weighted by Crippen LogP contribution is -2.24. The number of anilines is 1. The highest BCUT2D eigenvalue weighted by atomic mass is 16.6. The lowest BCUT2D eigenvalue weighted by molar-refractivity contribution is -0.384. The maximum absolute atomic E-state index is 12.6. The fourth-order valence-electron chi connectivity index (χ4n) is 2.80. The average molecular weight is 367 g/mol. The lowest BCUT2D eigenvalue weighted by Gasteiger charge is -2.12. The van der Waals surface area contributed by atoms with Crippen LogP contribution in [0.3, 0.4) is 0 Å². The second kappa shape index (κ2) is 7.28. The van der Waals surface area contributed by atoms with Gasteiger partial charge in [-0.3, -0.25) is 14.9 Å². The molecule has 0 bridgehead atoms. The van der Waals surface area contributed by atoms with Gasteiger partial charge in [-0.2, -0.15) is 0 Å². The number of fused-ring (bicyclic) bond motifs is 1. The van der Waals surface area contributed by atoms with Gasteiger partial charge in [0.15, 0.2) is 6.10 Å². The normalized spacial score (nSPS) is 11.8. The molecular formula is C19H17N3O5. The quantitative estimate of drug-likeness (QED) is 0.298. The van der Waals surface area contributed by atoms with Gasteiger partial charge >= 0.3 is 5.97 Å². The van der Waals surface area contributed by atoms with Crippen molar-refractivity contribution in [3.8, 4) is 0 Å². The third-order valence-corrected chi connectivity index (χ3v) is 4.21. The number of Topliss-reactive ketones (excluding diaryl/α,β-unsaturated/α-hetero) is 1. The Morgan fingerprint density at radius 3 is 2.67 bits per heavy atom. The topological polar surface area (TPSA) is 114 Å². The number of carbonyl (C=O) groups is 2. The third kappa shape index (κ3) is 3.50. The fourth-order valence-corrected chi connectivity index (χ4v) is 2.80. The highest BCUT2D eigenvalue weighted by Crippen LogP contribution is 2.26. The number of benzene rings is 2. The van der Waals surface area contributed by atoms with Crippen LogP contribution in [0.2, 0.25) is 0 Å². The van der Waals surface area contributed by atoms with Crippen LogP contribution in [0.25, 0.3) is 10.9 Å². The Hall–Kier alpha value is -3.68. The third-order valence-electron chi connectivity index (χ3n) is 4.21. The van der Waals surface area contributed by atoms with Gasteiger partial charge in [0.1, 0.15) is 5.69 Å². The summed E-state index contributed by atoms with van der Waals surface area (Å²) in [4.78, 5) is 38.5. The Bertz CT molecular complexity index is 1040. The minimum atomic E-state index is -1.04. The maximum atomic E-state index is 12.6. The summed E-state index contributed by atoms with van der Waals surface area (Å²) < 4.78 is 5.23. The van der Waals surface area contributed by atoms with Gasteiger partial charge in [0.2, 0.25) is 5.78 Å². The summed E-state index contributed by atoms with van der Waals surface area (Å²) in [6.07, 6.45) is 0.531. The van der Waals surface area contributed by atoms with Crippen molar-refractivity contribution in [3.05, 3.63) is 69.9 Å². The van der Waals surface area contributed by atoms with E-state index in [9.17, 15) is 19.7 Å². The Balaban J connectivity index is 1.80. The summed E-state index contributed by atoms with van der Waals surface area (Å²) in [5.74, 6) is -1.16. The van der Waals surface area contributed by atoms with Crippen LogP contribution in [0.1, 0.15) is 27.6 Å². The van der Waals surface area contributed by atoms with E-state index in [0.717, 1.165) is 17.0 Å². The zero-order chi connectivity index (χ0) is 19.6. The number of aromatic nitrogens is 1. The molecule has 0 aliphatic heterocycles. The zero-order valence-corrected chi connectivity index (χ0v) is 14.7. The molecule has 0 fully saturated rings. The zero-order valence-electron chi connectivity index (χ0n) is 14.7. The highest BCUT2D eigenvalue weighted by Gasteiger charge is 2.24. The van der Waals surface area contributed by atoms with Gasteiger partial charge in [-0.1, -0.05) is 18.2 Å². The van der Waals surface area contributed by atoms with Crippen molar-refractivity contribution >= 4 is 34.0 Å². The monoisotopic (exact) mass is 367 g/mol. The molecule has 3 rings (SSSR count). The van der Waals surface area contributed by atoms with Crippen molar-refractivity contribution in [2.45, 2.75) is 13.0 Å². The number of hydrogen-bond acceptors (Lipinski definition) is 6. The van der Waals surface area contributed by atoms with Crippen LogP contribution in [-0.4, -0.2) is 34.8 Å². The smallest absolute Gasteiger partial charge is 0.339 e. The Morgan fingerprint density at radius 1 is 1.22 bits per heavy atom. The fraction of sp³-hybridized carbons (Fsp3) is 0.158. The van der Waals surface area contributed by atoms with Crippen molar-refractivity contribution in [1.82, 2.24) is 4.98 Å². The van der Waals surface area contributed by atoms with Crippen molar-refractivity contribution < 1.29 is 19.2 Å². The van der Waals surface area contributed by atoms with E-state index in [-0.39, 0.29) is 22.7 Å². The molecule has 2 N–H and O–H groups in total. The van der Waals surface area contributed by atoms with E-state index in [1.165, 1.54) is 19.1 Å². The highest BCUT2D eigenvalue weighted by molar-refractivity contribution is 6.10. The summed E-state index contributed by atoms with van der Waals surface area (Å²) in [6, 6.07) is 11.2. The van der Waals surface area contributed by atoms with Gasteiger partial charge in [-0.25, -0.2) is 4.79 Å². The van der Waals surface area contributed by atoms with Crippen LogP contribution in [-0.2, 0) is 4.74 Å². The summed E-state index contributed by atoms with van der Waals surface area (Å²) in [5, 5.41) is 14.5. The summed E-state index contributed by atoms with van der Waals surface area (Å²) in [5.41, 5.74) is 1.25. The predicted octanol–water partition coefficient (Wildman–Crippen LogP) is 3.55. The Kier molecular flexibility index (Phi) is 4.89. The molecule has 0 saturated carbocycles. The molecule has 1 atom stereocenters. The molecule has 0 saturated heterocycles. The van der Waals surface area contributed by atoms with Crippen LogP contribution in [0.5, 0.6) is 0 Å². The van der Waals surface area contributed by atoms with Crippen molar-refractivity contribution in [3.63, 3.8) is 0 Å². The molecule has 0 unspecified atom stereocenters. The minimum absolute atomic E-state index is 0.000670. The number of hydrogen-bond donors (Lipinski definition) is 2. The van der Waals surface area contributed by atoms with Crippen LogP contribution in [0, 0.1) is 10.1 Å². The van der Waals surface area contributed by atoms with Gasteiger partial charge in [-0.15, -0.1) is 0 Å². The van der Waals surface area contributed by atoms with Crippen LogP contribution < -0.4 is 5.32 Å². The summed E-state index contributed by atoms with van der Waals surface area (Å²) in [7, 11) is 1.54. The number of aromatic amines is 1. The number of nitro benzene ring substituents is 1. The molecule has 0 amide bonds. The van der Waals surface area contributed by atoms with Gasteiger partial charge in [-0.05, 0) is 25.1 Å². The average Bonchev–Trinajstić information content (AvgIpc) is 3.10. The number of nitro groups is 1. The predicted molar refractivity (Wildman–Crippen MR) is 100 cm³/mol. The largest absolute Gasteiger partial charge is 0.451 e. The van der Waals surface area contributed by atoms with Crippen molar-refractivity contribution in [1.29, 1.82) is 0 Å². The van der Waals surface area contributed by atoms with E-state index >= 15 is 0 Å². The molecule has 8 nitrogen and oxygen atoms in total. The molecule has 0 spiro atoms. The molecule has 3 aromatic rings. The van der Waals surface area contributed by atoms with E-state index in [1.807, 2.05) is 18.2 Å². The van der Waals surface area contributed by atoms with Crippen LogP contribution >= 0.6 is 0 Å². The van der Waals surface area contributed by atoms with Gasteiger partial charge in [0, 0.05) is 35.8 Å². The van der Waals surface area contributed by atoms with Gasteiger partial charge < -0.3 is 15.0 Å². The van der Waals surface area contributed by atoms with Gasteiger partial charge in [0.05, 0.1) is 10.5 Å². The standard InChI is InChI=1S/C19H17N3O5/c1-11(18(23)14-10-21-15-6-4-3-5-13(14)15)27-19(24)12-7-8-16(20-2)17(9-12)22(25)26/h3-11,20-21H,1-2H3/t11-/m0/s1. The first-order valence-corrected chi connectivity index (χ1v) is 8.20. The van der Waals surface area contributed by atoms with Crippen molar-refractivity contribution in [2.24, 2.45) is 0 Å². The number of nitrogens with zero attached hydrogens (tertiary/aromatic N) is 1. The second-order valence-electron chi connectivity index (χ2n) is 5.90. The Morgan fingerprint density at radius 2 is 1.96 bits per heavy atom. The molecule has 0 aliphatic rings. The van der Waals surface area contributed by atoms with E-state index in [0.29, 0.717) is 5.56 Å². The molecule has 0 aliphatic carbocycles. The number of esters is 1. The summed E-state index contributed by atoms with van der Waals surface area (Å²) >= 11 is 0. The van der Waals surface area contributed by atoms with Gasteiger partial charge in [0.25, 0.3) is 5.69 Å². The van der Waals surface area contributed by atoms with E-state index in [1.54, 1.807) is 19.3 Å². The van der Waals surface area contributed by atoms with Crippen LogP contribution in [0.15, 0.2) is 48.7 Å². The second-order valence-corrected chi connectivity index (χ2v) is 5.90. The summed E-state index contributed by atoms with van der Waals surface area (Å²) in [6.45, 7) is 1.47. The van der Waals surface area contributed by atoms with Crippen molar-refractivity contribution in [2.75, 3.05) is 12.4 Å². The molecule has 2 aromatic carbocycles. The van der Waals surface area contributed by atoms with E-state index in [4.69, 9.17) is 4.74 Å². The molecular weight excluding hydrogens is 350 g/mol. The molecule has 27 heavy (non-hydrogen) atoms. The first-order valence-electron chi connectivity index (χ1n) is 8.20. The SMILES string of the molecule is CNc1ccc(C(=O)O[C@@H](C)C(=O)c2c[nH]c3ccccc23)cc1[N+](=O)[O-]. The number of nitrogens with one attached hydrogen (secondary N) is 2. The van der Waals surface area contributed by atoms with Crippen LogP contribution in [0.4, 0.5) is 11.4 Å². The molecule has 8 heteroatoms. The Labute approximate surface area is 154 Å².